The van der Waals surface area contributed by atoms with Crippen molar-refractivity contribution in [1.29, 1.82) is 0 Å². The van der Waals surface area contributed by atoms with Crippen molar-refractivity contribution < 1.29 is 13.3 Å². The topological polar surface area (TPSA) is 93.4 Å². The summed E-state index contributed by atoms with van der Waals surface area (Å²) in [5.41, 5.74) is 1.29. The van der Waals surface area contributed by atoms with Crippen molar-refractivity contribution in [3.05, 3.63) is 58.4 Å². The van der Waals surface area contributed by atoms with Crippen LogP contribution in [0, 0.1) is 10.1 Å². The maximum absolute atomic E-state index is 11.9. The first-order valence-electron chi connectivity index (χ1n) is 6.87. The lowest BCUT2D eigenvalue weighted by Crippen LogP contribution is -2.22. The minimum atomic E-state index is -3.57. The molecule has 0 spiro atoms. The van der Waals surface area contributed by atoms with Crippen LogP contribution >= 0.6 is 0 Å². The molecule has 1 aromatic carbocycles. The molecule has 0 bridgehead atoms. The minimum Gasteiger partial charge on any atom is -0.373 e. The molecule has 0 radical (unpaired) electrons. The van der Waals surface area contributed by atoms with Gasteiger partial charge >= 0.3 is 0 Å². The van der Waals surface area contributed by atoms with E-state index in [0.29, 0.717) is 18.7 Å². The average Bonchev–Trinajstić information content (AvgIpc) is 2.52. The van der Waals surface area contributed by atoms with Gasteiger partial charge in [-0.05, 0) is 30.2 Å². The summed E-state index contributed by atoms with van der Waals surface area (Å²) in [6, 6.07) is 7.67. The zero-order valence-electron chi connectivity index (χ0n) is 12.8. The van der Waals surface area contributed by atoms with Crippen LogP contribution < -0.4 is 4.90 Å². The van der Waals surface area contributed by atoms with E-state index >= 15 is 0 Å². The first kappa shape index (κ1) is 16.9. The van der Waals surface area contributed by atoms with Gasteiger partial charge in [0.1, 0.15) is 0 Å². The fourth-order valence-electron chi connectivity index (χ4n) is 2.20. The van der Waals surface area contributed by atoms with Crippen molar-refractivity contribution in [1.82, 2.24) is 4.98 Å². The molecule has 0 aliphatic rings. The molecule has 0 atom stereocenters. The van der Waals surface area contributed by atoms with Gasteiger partial charge in [0.15, 0.2) is 9.84 Å². The smallest absolute Gasteiger partial charge is 0.270 e. The molecule has 1 aromatic heterocycles. The molecule has 7 nitrogen and oxygen atoms in total. The van der Waals surface area contributed by atoms with Gasteiger partial charge in [-0.3, -0.25) is 15.1 Å². The number of benzene rings is 1. The second-order valence-corrected chi connectivity index (χ2v) is 7.19. The summed E-state index contributed by atoms with van der Waals surface area (Å²) in [7, 11) is -1.81. The molecule has 2 aromatic rings. The summed E-state index contributed by atoms with van der Waals surface area (Å²) in [6.07, 6.45) is 5.15. The molecular weight excluding hydrogens is 318 g/mol. The lowest BCUT2D eigenvalue weighted by molar-refractivity contribution is -0.385. The second-order valence-electron chi connectivity index (χ2n) is 5.21. The highest BCUT2D eigenvalue weighted by molar-refractivity contribution is 7.90. The van der Waals surface area contributed by atoms with Gasteiger partial charge in [0.2, 0.25) is 0 Å². The molecule has 0 saturated heterocycles. The Balaban J connectivity index is 2.29. The van der Waals surface area contributed by atoms with Crippen molar-refractivity contribution in [2.75, 3.05) is 24.7 Å². The van der Waals surface area contributed by atoms with E-state index in [-0.39, 0.29) is 10.6 Å². The highest BCUT2D eigenvalue weighted by Crippen LogP contribution is 2.28. The van der Waals surface area contributed by atoms with Gasteiger partial charge in [0, 0.05) is 44.4 Å². The number of rotatable bonds is 6. The molecule has 23 heavy (non-hydrogen) atoms. The number of nitro groups is 1. The third-order valence-corrected chi connectivity index (χ3v) is 4.58. The van der Waals surface area contributed by atoms with Gasteiger partial charge in [-0.15, -0.1) is 0 Å². The van der Waals surface area contributed by atoms with E-state index in [1.165, 1.54) is 12.1 Å². The summed E-state index contributed by atoms with van der Waals surface area (Å²) >= 11 is 0. The Morgan fingerprint density at radius 2 is 1.87 bits per heavy atom. The number of hydrogen-bond donors (Lipinski definition) is 0. The molecule has 0 amide bonds. The standard InChI is InChI=1S/C15H17N3O4S/c1-17(10-7-12-5-8-16-9-6-12)14-4-3-13(18(19)20)11-15(14)23(2,21)22/h3-6,8-9,11H,7,10H2,1-2H3. The van der Waals surface area contributed by atoms with Crippen molar-refractivity contribution >= 4 is 21.2 Å². The summed E-state index contributed by atoms with van der Waals surface area (Å²) in [5.74, 6) is 0. The first-order valence-corrected chi connectivity index (χ1v) is 8.76. The number of anilines is 1. The van der Waals surface area contributed by atoms with Gasteiger partial charge < -0.3 is 4.90 Å². The van der Waals surface area contributed by atoms with E-state index < -0.39 is 14.8 Å². The van der Waals surface area contributed by atoms with E-state index in [2.05, 4.69) is 4.98 Å². The molecule has 0 aliphatic carbocycles. The van der Waals surface area contributed by atoms with E-state index in [1.807, 2.05) is 12.1 Å². The molecule has 122 valence electrons. The van der Waals surface area contributed by atoms with E-state index in [4.69, 9.17) is 0 Å². The summed E-state index contributed by atoms with van der Waals surface area (Å²) in [6.45, 7) is 0.574. The molecule has 8 heteroatoms. The zero-order chi connectivity index (χ0) is 17.0. The SMILES string of the molecule is CN(CCc1ccncc1)c1ccc([N+](=O)[O-])cc1S(C)(=O)=O. The van der Waals surface area contributed by atoms with Gasteiger partial charge in [-0.1, -0.05) is 0 Å². The molecule has 0 N–H and O–H groups in total. The molecule has 0 aliphatic heterocycles. The highest BCUT2D eigenvalue weighted by atomic mass is 32.2. The van der Waals surface area contributed by atoms with Crippen LogP contribution in [-0.2, 0) is 16.3 Å². The van der Waals surface area contributed by atoms with Crippen LogP contribution in [-0.4, -0.2) is 38.2 Å². The zero-order valence-corrected chi connectivity index (χ0v) is 13.7. The number of nitrogens with zero attached hydrogens (tertiary/aromatic N) is 3. The van der Waals surface area contributed by atoms with Gasteiger partial charge in [0.25, 0.3) is 5.69 Å². The van der Waals surface area contributed by atoms with Gasteiger partial charge in [-0.2, -0.15) is 0 Å². The monoisotopic (exact) mass is 335 g/mol. The number of nitro benzene ring substituents is 1. The Hall–Kier alpha value is -2.48. The van der Waals surface area contributed by atoms with Crippen LogP contribution in [0.25, 0.3) is 0 Å². The Morgan fingerprint density at radius 1 is 1.22 bits per heavy atom. The lowest BCUT2D eigenvalue weighted by atomic mass is 10.2. The van der Waals surface area contributed by atoms with Gasteiger partial charge in [0.05, 0.1) is 15.5 Å². The lowest BCUT2D eigenvalue weighted by Gasteiger charge is -2.21. The van der Waals surface area contributed by atoms with Crippen molar-refractivity contribution in [2.24, 2.45) is 0 Å². The molecule has 0 saturated carbocycles. The Morgan fingerprint density at radius 3 is 2.43 bits per heavy atom. The third-order valence-electron chi connectivity index (χ3n) is 3.45. The number of sulfone groups is 1. The summed E-state index contributed by atoms with van der Waals surface area (Å²) in [5, 5.41) is 10.9. The fourth-order valence-corrected chi connectivity index (χ4v) is 3.13. The predicted octanol–water partition coefficient (Wildman–Crippen LogP) is 2.07. The normalized spacial score (nSPS) is 11.2. The fraction of sp³-hybridized carbons (Fsp3) is 0.267. The molecule has 2 rings (SSSR count). The van der Waals surface area contributed by atoms with Crippen LogP contribution in [0.3, 0.4) is 0 Å². The molecule has 0 unspecified atom stereocenters. The van der Waals surface area contributed by atoms with Crippen LogP contribution in [0.4, 0.5) is 11.4 Å². The van der Waals surface area contributed by atoms with Crippen molar-refractivity contribution in [3.8, 4) is 0 Å². The van der Waals surface area contributed by atoms with Gasteiger partial charge in [-0.25, -0.2) is 8.42 Å². The number of aromatic nitrogens is 1. The number of pyridine rings is 1. The number of likely N-dealkylation sites (N-methyl/N-ethyl adjacent to an activating group) is 1. The Kier molecular flexibility index (Phi) is 4.95. The molecule has 0 fully saturated rings. The van der Waals surface area contributed by atoms with Crippen molar-refractivity contribution in [3.63, 3.8) is 0 Å². The maximum Gasteiger partial charge on any atom is 0.270 e. The minimum absolute atomic E-state index is 0.0380. The molecular formula is C15H17N3O4S. The Bertz CT molecular complexity index is 807. The third kappa shape index (κ3) is 4.26. The predicted molar refractivity (Wildman–Crippen MR) is 87.4 cm³/mol. The highest BCUT2D eigenvalue weighted by Gasteiger charge is 2.20. The summed E-state index contributed by atoms with van der Waals surface area (Å²) in [4.78, 5) is 15.9. The van der Waals surface area contributed by atoms with Crippen LogP contribution in [0.1, 0.15) is 5.56 Å². The first-order chi connectivity index (χ1) is 10.8. The number of non-ortho nitro benzene ring substituents is 1. The van der Waals surface area contributed by atoms with Crippen LogP contribution in [0.5, 0.6) is 0 Å². The van der Waals surface area contributed by atoms with E-state index in [0.717, 1.165) is 17.9 Å². The summed E-state index contributed by atoms with van der Waals surface area (Å²) < 4.78 is 23.9. The maximum atomic E-state index is 11.9. The van der Waals surface area contributed by atoms with E-state index in [9.17, 15) is 18.5 Å². The quantitative estimate of drug-likeness (QED) is 0.592. The average molecular weight is 335 g/mol. The second kappa shape index (κ2) is 6.74. The number of hydrogen-bond acceptors (Lipinski definition) is 6. The van der Waals surface area contributed by atoms with Crippen molar-refractivity contribution in [2.45, 2.75) is 11.3 Å². The molecule has 1 heterocycles. The van der Waals surface area contributed by atoms with Crippen LogP contribution in [0.15, 0.2) is 47.6 Å². The van der Waals surface area contributed by atoms with Crippen LogP contribution in [0.2, 0.25) is 0 Å². The van der Waals surface area contributed by atoms with E-state index in [1.54, 1.807) is 24.3 Å². The Labute approximate surface area is 134 Å². The largest absolute Gasteiger partial charge is 0.373 e.